The third kappa shape index (κ3) is 5.05. The molecule has 3 rings (SSSR count). The Morgan fingerprint density at radius 3 is 2.64 bits per heavy atom. The number of hydrogen-bond acceptors (Lipinski definition) is 4. The van der Waals surface area contributed by atoms with Crippen molar-refractivity contribution < 1.29 is 9.59 Å². The van der Waals surface area contributed by atoms with E-state index in [0.717, 1.165) is 24.5 Å². The fraction of sp³-hybridized carbons (Fsp3) is 0.526. The summed E-state index contributed by atoms with van der Waals surface area (Å²) in [6, 6.07) is 5.87. The molecule has 134 valence electrons. The molecule has 6 nitrogen and oxygen atoms in total. The summed E-state index contributed by atoms with van der Waals surface area (Å²) >= 11 is 0. The largest absolute Gasteiger partial charge is 0.353 e. The molecule has 0 bridgehead atoms. The first-order valence-corrected chi connectivity index (χ1v) is 9.03. The van der Waals surface area contributed by atoms with Gasteiger partial charge in [-0.1, -0.05) is 11.6 Å². The number of carbonyl (C=O) groups excluding carboxylic acids is 2. The predicted octanol–water partition coefficient (Wildman–Crippen LogP) is 1.59. The number of amides is 2. The van der Waals surface area contributed by atoms with Crippen molar-refractivity contribution in [1.29, 1.82) is 0 Å². The van der Waals surface area contributed by atoms with Crippen LogP contribution in [0.2, 0.25) is 0 Å². The monoisotopic (exact) mass is 342 g/mol. The van der Waals surface area contributed by atoms with E-state index >= 15 is 0 Å². The van der Waals surface area contributed by atoms with Gasteiger partial charge in [-0.2, -0.15) is 0 Å². The Morgan fingerprint density at radius 1 is 1.24 bits per heavy atom. The molecular formula is C19H26N4O2. The summed E-state index contributed by atoms with van der Waals surface area (Å²) in [7, 11) is 0. The highest BCUT2D eigenvalue weighted by molar-refractivity contribution is 5.88. The molecular weight excluding hydrogens is 316 g/mol. The van der Waals surface area contributed by atoms with Gasteiger partial charge in [0.05, 0.1) is 0 Å². The Morgan fingerprint density at radius 2 is 2.00 bits per heavy atom. The fourth-order valence-corrected chi connectivity index (χ4v) is 3.09. The fourth-order valence-electron chi connectivity index (χ4n) is 3.09. The molecule has 25 heavy (non-hydrogen) atoms. The van der Waals surface area contributed by atoms with Crippen LogP contribution in [-0.4, -0.2) is 54.4 Å². The SMILES string of the molecule is C/C(=C/C(=O)NCCC(=O)N1CCN(c2ccccn2)CC1)C1CC1. The van der Waals surface area contributed by atoms with Gasteiger partial charge < -0.3 is 15.1 Å². The van der Waals surface area contributed by atoms with Crippen LogP contribution >= 0.6 is 0 Å². The Kier molecular flexibility index (Phi) is 5.68. The molecule has 0 aromatic carbocycles. The van der Waals surface area contributed by atoms with Crippen molar-refractivity contribution in [1.82, 2.24) is 15.2 Å². The summed E-state index contributed by atoms with van der Waals surface area (Å²) in [5.41, 5.74) is 1.15. The maximum Gasteiger partial charge on any atom is 0.243 e. The van der Waals surface area contributed by atoms with E-state index in [1.54, 1.807) is 12.3 Å². The zero-order valence-electron chi connectivity index (χ0n) is 14.8. The van der Waals surface area contributed by atoms with Gasteiger partial charge in [0.15, 0.2) is 0 Å². The molecule has 1 saturated heterocycles. The smallest absolute Gasteiger partial charge is 0.243 e. The molecule has 1 aliphatic carbocycles. The summed E-state index contributed by atoms with van der Waals surface area (Å²) < 4.78 is 0. The Bertz CT molecular complexity index is 632. The molecule has 0 atom stereocenters. The highest BCUT2D eigenvalue weighted by atomic mass is 16.2. The van der Waals surface area contributed by atoms with Crippen LogP contribution in [0.5, 0.6) is 0 Å². The maximum absolute atomic E-state index is 12.3. The van der Waals surface area contributed by atoms with Gasteiger partial charge in [0.2, 0.25) is 11.8 Å². The number of pyridine rings is 1. The number of hydrogen-bond donors (Lipinski definition) is 1. The van der Waals surface area contributed by atoms with Gasteiger partial charge in [0.1, 0.15) is 5.82 Å². The van der Waals surface area contributed by atoms with E-state index in [-0.39, 0.29) is 11.8 Å². The number of nitrogens with zero attached hydrogens (tertiary/aromatic N) is 3. The van der Waals surface area contributed by atoms with Crippen LogP contribution in [0.4, 0.5) is 5.82 Å². The Balaban J connectivity index is 1.36. The second-order valence-corrected chi connectivity index (χ2v) is 6.76. The molecule has 2 aliphatic rings. The Labute approximate surface area is 148 Å². The van der Waals surface area contributed by atoms with Gasteiger partial charge >= 0.3 is 0 Å². The highest BCUT2D eigenvalue weighted by Gasteiger charge is 2.24. The standard InChI is InChI=1S/C19H26N4O2/c1-15(16-5-6-16)14-18(24)21-9-7-19(25)23-12-10-22(11-13-23)17-4-2-3-8-20-17/h2-4,8,14,16H,5-7,9-13H2,1H3,(H,21,24)/b15-14-. The molecule has 6 heteroatoms. The van der Waals surface area contributed by atoms with Crippen LogP contribution in [0, 0.1) is 5.92 Å². The summed E-state index contributed by atoms with van der Waals surface area (Å²) in [6.45, 7) is 5.38. The van der Waals surface area contributed by atoms with E-state index in [4.69, 9.17) is 0 Å². The van der Waals surface area contributed by atoms with Crippen molar-refractivity contribution in [3.8, 4) is 0 Å². The lowest BCUT2D eigenvalue weighted by molar-refractivity contribution is -0.131. The van der Waals surface area contributed by atoms with Crippen molar-refractivity contribution in [2.45, 2.75) is 26.2 Å². The second-order valence-electron chi connectivity index (χ2n) is 6.76. The zero-order chi connectivity index (χ0) is 17.6. The Hall–Kier alpha value is -2.37. The second kappa shape index (κ2) is 8.14. The lowest BCUT2D eigenvalue weighted by Crippen LogP contribution is -2.49. The van der Waals surface area contributed by atoms with Crippen LogP contribution < -0.4 is 10.2 Å². The van der Waals surface area contributed by atoms with E-state index < -0.39 is 0 Å². The van der Waals surface area contributed by atoms with E-state index in [1.165, 1.54) is 12.8 Å². The maximum atomic E-state index is 12.3. The summed E-state index contributed by atoms with van der Waals surface area (Å²) in [6.07, 6.45) is 6.20. The van der Waals surface area contributed by atoms with Gasteiger partial charge in [-0.15, -0.1) is 0 Å². The molecule has 2 fully saturated rings. The molecule has 0 spiro atoms. The van der Waals surface area contributed by atoms with Crippen molar-refractivity contribution in [3.05, 3.63) is 36.0 Å². The minimum Gasteiger partial charge on any atom is -0.353 e. The lowest BCUT2D eigenvalue weighted by Gasteiger charge is -2.35. The molecule has 0 radical (unpaired) electrons. The topological polar surface area (TPSA) is 65.5 Å². The zero-order valence-corrected chi connectivity index (χ0v) is 14.8. The van der Waals surface area contributed by atoms with E-state index in [2.05, 4.69) is 15.2 Å². The minimum absolute atomic E-state index is 0.0860. The van der Waals surface area contributed by atoms with Crippen LogP contribution in [-0.2, 0) is 9.59 Å². The number of nitrogens with one attached hydrogen (secondary N) is 1. The van der Waals surface area contributed by atoms with E-state index in [9.17, 15) is 9.59 Å². The van der Waals surface area contributed by atoms with Crippen molar-refractivity contribution in [2.24, 2.45) is 5.92 Å². The summed E-state index contributed by atoms with van der Waals surface area (Å²) in [5.74, 6) is 1.57. The van der Waals surface area contributed by atoms with Crippen molar-refractivity contribution in [2.75, 3.05) is 37.6 Å². The van der Waals surface area contributed by atoms with Crippen molar-refractivity contribution in [3.63, 3.8) is 0 Å². The first kappa shape index (κ1) is 17.5. The number of piperazine rings is 1. The summed E-state index contributed by atoms with van der Waals surface area (Å²) in [5, 5.41) is 2.82. The predicted molar refractivity (Wildman–Crippen MR) is 97.1 cm³/mol. The third-order valence-corrected chi connectivity index (χ3v) is 4.82. The molecule has 1 N–H and O–H groups in total. The van der Waals surface area contributed by atoms with Crippen LogP contribution in [0.15, 0.2) is 36.0 Å². The van der Waals surface area contributed by atoms with Gasteiger partial charge in [-0.25, -0.2) is 4.98 Å². The lowest BCUT2D eigenvalue weighted by atomic mass is 10.2. The van der Waals surface area contributed by atoms with E-state index in [1.807, 2.05) is 30.0 Å². The molecule has 0 unspecified atom stereocenters. The van der Waals surface area contributed by atoms with E-state index in [0.29, 0.717) is 32.0 Å². The average Bonchev–Trinajstić information content (AvgIpc) is 3.48. The highest BCUT2D eigenvalue weighted by Crippen LogP contribution is 2.35. The average molecular weight is 342 g/mol. The van der Waals surface area contributed by atoms with Gasteiger partial charge in [0, 0.05) is 51.4 Å². The number of rotatable bonds is 6. The first-order valence-electron chi connectivity index (χ1n) is 9.03. The molecule has 2 amide bonds. The quantitative estimate of drug-likeness (QED) is 0.798. The first-order chi connectivity index (χ1) is 12.1. The van der Waals surface area contributed by atoms with Gasteiger partial charge in [0.25, 0.3) is 0 Å². The number of aromatic nitrogens is 1. The van der Waals surface area contributed by atoms with Crippen LogP contribution in [0.25, 0.3) is 0 Å². The molecule has 1 aromatic rings. The number of anilines is 1. The molecule has 1 aliphatic heterocycles. The number of carbonyl (C=O) groups is 2. The number of allylic oxidation sites excluding steroid dienone is 1. The molecule has 1 saturated carbocycles. The third-order valence-electron chi connectivity index (χ3n) is 4.82. The normalized spacial score (nSPS) is 18.2. The molecule has 1 aromatic heterocycles. The minimum atomic E-state index is -0.0860. The van der Waals surface area contributed by atoms with Crippen LogP contribution in [0.1, 0.15) is 26.2 Å². The summed E-state index contributed by atoms with van der Waals surface area (Å²) in [4.78, 5) is 32.5. The molecule has 2 heterocycles. The van der Waals surface area contributed by atoms with Gasteiger partial charge in [-0.05, 0) is 37.8 Å². The van der Waals surface area contributed by atoms with Crippen molar-refractivity contribution >= 4 is 17.6 Å². The van der Waals surface area contributed by atoms with Gasteiger partial charge in [-0.3, -0.25) is 9.59 Å². The van der Waals surface area contributed by atoms with Crippen LogP contribution in [0.3, 0.4) is 0 Å².